The Balaban J connectivity index is 1.21. The van der Waals surface area contributed by atoms with E-state index < -0.39 is 24.8 Å². The maximum atomic E-state index is 14.2. The van der Waals surface area contributed by atoms with Gasteiger partial charge in [-0.1, -0.05) is 48.9 Å². The molecular weight excluding hydrogens is 800 g/mol. The van der Waals surface area contributed by atoms with Gasteiger partial charge in [0.2, 0.25) is 12.0 Å². The van der Waals surface area contributed by atoms with Crippen LogP contribution in [0.2, 0.25) is 0 Å². The maximum Gasteiger partial charge on any atom is 0.408 e. The summed E-state index contributed by atoms with van der Waals surface area (Å²) in [5.74, 6) is -1.14. The first-order chi connectivity index (χ1) is 27.8. The number of benzene rings is 1. The van der Waals surface area contributed by atoms with Crippen LogP contribution in [0.5, 0.6) is 11.6 Å². The third-order valence-corrected chi connectivity index (χ3v) is 11.9. The molecule has 58 heavy (non-hydrogen) atoms. The Morgan fingerprint density at radius 1 is 1.07 bits per heavy atom. The number of carboxylic acid groups (broad SMARTS) is 1. The number of halogens is 5. The minimum absolute atomic E-state index is 0.0221. The molecule has 1 unspecified atom stereocenters. The second-order valence-corrected chi connectivity index (χ2v) is 15.6. The fraction of sp³-hybridized carbons (Fsp3) is 0.366. The van der Waals surface area contributed by atoms with Gasteiger partial charge in [0.1, 0.15) is 48.3 Å². The Morgan fingerprint density at radius 2 is 1.86 bits per heavy atom. The Kier molecular flexibility index (Phi) is 12.7. The third kappa shape index (κ3) is 9.63. The van der Waals surface area contributed by atoms with E-state index in [1.54, 1.807) is 30.3 Å². The van der Waals surface area contributed by atoms with E-state index >= 15 is 0 Å². The maximum absolute atomic E-state index is 14.2. The summed E-state index contributed by atoms with van der Waals surface area (Å²) in [6.07, 6.45) is 5.09. The van der Waals surface area contributed by atoms with Crippen molar-refractivity contribution < 1.29 is 41.7 Å². The zero-order valence-corrected chi connectivity index (χ0v) is 33.3. The molecule has 0 saturated carbocycles. The van der Waals surface area contributed by atoms with E-state index in [1.807, 2.05) is 19.1 Å². The number of thiophene rings is 1. The molecular formula is C41H41ClF4N6O5S. The second-order valence-electron chi connectivity index (χ2n) is 14.2. The van der Waals surface area contributed by atoms with Crippen molar-refractivity contribution in [2.24, 2.45) is 5.92 Å². The quantitative estimate of drug-likeness (QED) is 0.158. The van der Waals surface area contributed by atoms with Crippen molar-refractivity contribution in [2.75, 3.05) is 46.4 Å². The van der Waals surface area contributed by atoms with Gasteiger partial charge in [0.15, 0.2) is 0 Å². The number of aliphatic carboxylic acids is 1. The number of para-hydroxylation sites is 1. The fourth-order valence-corrected chi connectivity index (χ4v) is 8.40. The lowest BCUT2D eigenvalue weighted by molar-refractivity contribution is -0.145. The number of fused-ring (bicyclic) bond motifs is 1. The van der Waals surface area contributed by atoms with Crippen molar-refractivity contribution in [2.45, 2.75) is 45.2 Å². The molecule has 11 nitrogen and oxygen atoms in total. The van der Waals surface area contributed by atoms with Crippen LogP contribution >= 0.6 is 22.9 Å². The number of hydrogen-bond acceptors (Lipinski definition) is 10. The van der Waals surface area contributed by atoms with E-state index in [2.05, 4.69) is 31.9 Å². The zero-order valence-electron chi connectivity index (χ0n) is 31.7. The predicted octanol–water partition coefficient (Wildman–Crippen LogP) is 6.14. The first-order valence-corrected chi connectivity index (χ1v) is 19.9. The lowest BCUT2D eigenvalue weighted by atomic mass is 9.92. The van der Waals surface area contributed by atoms with Gasteiger partial charge in [-0.15, -0.1) is 11.3 Å². The first-order valence-electron chi connectivity index (χ1n) is 18.7. The van der Waals surface area contributed by atoms with Crippen LogP contribution in [0.15, 0.2) is 89.9 Å². The number of likely N-dealkylation sites (N-methyl/N-ethyl adjacent to an activating group) is 1. The van der Waals surface area contributed by atoms with E-state index in [1.165, 1.54) is 42.1 Å². The number of rotatable bonds is 13. The van der Waals surface area contributed by atoms with Crippen molar-refractivity contribution in [3.8, 4) is 11.6 Å². The highest BCUT2D eigenvalue weighted by atomic mass is 35.5. The van der Waals surface area contributed by atoms with Crippen LogP contribution < -0.4 is 19.2 Å². The summed E-state index contributed by atoms with van der Waals surface area (Å²) >= 11 is 8.39. The molecule has 17 heteroatoms. The number of aromatic nitrogens is 4. The number of nitrogens with zero attached hydrogens (tertiary/aromatic N) is 6. The highest BCUT2D eigenvalue weighted by molar-refractivity contribution is 7.16. The van der Waals surface area contributed by atoms with E-state index in [9.17, 15) is 27.5 Å². The number of carbonyl (C=O) groups is 1. The van der Waals surface area contributed by atoms with Crippen LogP contribution in [0.3, 0.4) is 0 Å². The number of hydrogen-bond donors (Lipinski definition) is 1. The van der Waals surface area contributed by atoms with Gasteiger partial charge in [0.05, 0.1) is 16.1 Å². The van der Waals surface area contributed by atoms with E-state index in [0.29, 0.717) is 44.8 Å². The van der Waals surface area contributed by atoms with Crippen LogP contribution in [0.4, 0.5) is 17.6 Å². The summed E-state index contributed by atoms with van der Waals surface area (Å²) in [5.41, 5.74) is 2.25. The second kappa shape index (κ2) is 17.9. The zero-order chi connectivity index (χ0) is 41.0. The molecule has 0 bridgehead atoms. The van der Waals surface area contributed by atoms with Crippen molar-refractivity contribution in [3.63, 3.8) is 0 Å². The Hall–Kier alpha value is -5.03. The number of carboxylic acids is 1. The average Bonchev–Trinajstić information content (AvgIpc) is 3.80. The molecule has 0 amide bonds. The molecule has 1 aromatic carbocycles. The van der Waals surface area contributed by atoms with E-state index in [4.69, 9.17) is 25.8 Å². The van der Waals surface area contributed by atoms with Crippen molar-refractivity contribution in [1.29, 1.82) is 0 Å². The van der Waals surface area contributed by atoms with Crippen molar-refractivity contribution >= 4 is 50.3 Å². The summed E-state index contributed by atoms with van der Waals surface area (Å²) in [6, 6.07) is 8.06. The normalized spacial score (nSPS) is 20.4. The Morgan fingerprint density at radius 3 is 2.60 bits per heavy atom. The topological polar surface area (TPSA) is 115 Å². The Labute approximate surface area is 340 Å². The van der Waals surface area contributed by atoms with Crippen molar-refractivity contribution in [3.05, 3.63) is 111 Å². The summed E-state index contributed by atoms with van der Waals surface area (Å²) in [6.45, 7) is 5.60. The van der Waals surface area contributed by atoms with Gasteiger partial charge in [0.25, 0.3) is 0 Å². The molecule has 0 spiro atoms. The minimum atomic E-state index is -4.48. The van der Waals surface area contributed by atoms with Gasteiger partial charge in [-0.3, -0.25) is 9.58 Å². The molecule has 306 valence electrons. The first kappa shape index (κ1) is 41.1. The Bertz CT molecular complexity index is 2420. The van der Waals surface area contributed by atoms with Crippen LogP contribution in [-0.4, -0.2) is 99.3 Å². The highest BCUT2D eigenvalue weighted by Crippen LogP contribution is 2.35. The molecule has 1 fully saturated rings. The summed E-state index contributed by atoms with van der Waals surface area (Å²) in [5, 5.41) is 15.9. The number of ether oxygens (including phenoxy) is 3. The number of alkyl halides is 3. The molecule has 3 aromatic heterocycles. The van der Waals surface area contributed by atoms with E-state index in [0.717, 1.165) is 53.1 Å². The van der Waals surface area contributed by atoms with Crippen LogP contribution in [0.25, 0.3) is 21.4 Å². The monoisotopic (exact) mass is 840 g/mol. The molecule has 3 aliphatic rings. The van der Waals surface area contributed by atoms with Gasteiger partial charge >= 0.3 is 12.1 Å². The largest absolute Gasteiger partial charge is 0.491 e. The predicted molar refractivity (Wildman–Crippen MR) is 212 cm³/mol. The van der Waals surface area contributed by atoms with Crippen molar-refractivity contribution in [1.82, 2.24) is 29.5 Å². The van der Waals surface area contributed by atoms with Crippen LogP contribution in [-0.2, 0) is 29.1 Å². The molecule has 0 radical (unpaired) electrons. The third-order valence-electron chi connectivity index (χ3n) is 10.2. The molecule has 1 saturated heterocycles. The molecule has 1 aliphatic heterocycles. The van der Waals surface area contributed by atoms with Gasteiger partial charge in [-0.05, 0) is 60.5 Å². The van der Waals surface area contributed by atoms with Gasteiger partial charge in [-0.2, -0.15) is 18.3 Å². The molecule has 4 heterocycles. The smallest absolute Gasteiger partial charge is 0.408 e. The van der Waals surface area contributed by atoms with Gasteiger partial charge in [-0.25, -0.2) is 19.2 Å². The van der Waals surface area contributed by atoms with Gasteiger partial charge < -0.3 is 24.2 Å². The number of allylic oxidation sites excluding steroid dienone is 7. The lowest BCUT2D eigenvalue weighted by Crippen LogP contribution is -2.45. The van der Waals surface area contributed by atoms with Crippen LogP contribution in [0.1, 0.15) is 24.6 Å². The SMILES string of the molecule is CC1C(Cl)=C(OCCN2CCN(C)CC2)C=CC1=c1c(=C2C=CC(F)=CC2)sc2ncnc(O[C@H](Cc3ccccc3OCc3ccnn3CC(F)(F)F)C(=O)O)c12. The molecule has 1 N–H and O–H groups in total. The standard InChI is InChI=1S/C41H41ClF4N6O5S/c1-25-30(11-12-32(36(25)42)55-20-19-51-17-15-50(2)16-18-51)34-35-38(47-24-48-39(35)58-37(34)26-7-9-28(43)10-8-26)57-33(40(53)54)21-27-5-3-4-6-31(27)56-22-29-13-14-49-52(29)23-41(44,45)46/h3-7,9-14,24-25,33H,8,15-23H2,1-2H3,(H,53,54)/t25?,33-/m1/s1. The molecule has 2 atom stereocenters. The summed E-state index contributed by atoms with van der Waals surface area (Å²) in [4.78, 5) is 27.0. The molecule has 2 aliphatic carbocycles. The average molecular weight is 841 g/mol. The summed E-state index contributed by atoms with van der Waals surface area (Å²) < 4.78 is 73.4. The lowest BCUT2D eigenvalue weighted by Gasteiger charge is -2.32. The highest BCUT2D eigenvalue weighted by Gasteiger charge is 2.30. The number of piperazine rings is 1. The van der Waals surface area contributed by atoms with Gasteiger partial charge in [0, 0.05) is 61.0 Å². The fourth-order valence-electron chi connectivity index (χ4n) is 6.98. The molecule has 7 rings (SSSR count). The van der Waals surface area contributed by atoms with Crippen LogP contribution in [0, 0.1) is 5.92 Å². The van der Waals surface area contributed by atoms with E-state index in [-0.39, 0.29) is 42.1 Å². The minimum Gasteiger partial charge on any atom is -0.491 e. The summed E-state index contributed by atoms with van der Waals surface area (Å²) in [7, 11) is 2.11. The molecule has 4 aromatic rings.